The first-order valence-corrected chi connectivity index (χ1v) is 2.60. The zero-order chi connectivity index (χ0) is 5.98. The molecule has 0 bridgehead atoms. The molecule has 0 amide bonds. The molecule has 1 radical (unpaired) electrons. The van der Waals surface area contributed by atoms with Gasteiger partial charge in [0.25, 0.3) is 0 Å². The third kappa shape index (κ3) is 0.886. The van der Waals surface area contributed by atoms with Gasteiger partial charge in [-0.3, -0.25) is 5.43 Å². The molecule has 1 rings (SSSR count). The average Bonchev–Trinajstić information content (AvgIpc) is 1.77. The number of nitrogens with one attached hydrogen (secondary N) is 1. The van der Waals surface area contributed by atoms with Crippen molar-refractivity contribution < 1.29 is 0 Å². The topological polar surface area (TPSA) is 24.4 Å². The van der Waals surface area contributed by atoms with Gasteiger partial charge in [-0.1, -0.05) is 0 Å². The van der Waals surface area contributed by atoms with Gasteiger partial charge < -0.3 is 0 Å². The lowest BCUT2D eigenvalue weighted by Gasteiger charge is -2.12. The molecule has 8 heavy (non-hydrogen) atoms. The normalized spacial score (nSPS) is 20.0. The van der Waals surface area contributed by atoms with Crippen LogP contribution in [0.2, 0.25) is 0 Å². The minimum absolute atomic E-state index is 1.13. The van der Waals surface area contributed by atoms with Gasteiger partial charge in [0.05, 0.1) is 0 Å². The third-order valence-corrected chi connectivity index (χ3v) is 1.22. The maximum absolute atomic E-state index is 3.82. The van der Waals surface area contributed by atoms with Crippen molar-refractivity contribution in [2.24, 2.45) is 5.10 Å². The molecule has 0 unspecified atom stereocenters. The fraction of sp³-hybridized carbons (Fsp3) is 0.333. The van der Waals surface area contributed by atoms with E-state index in [1.807, 2.05) is 19.9 Å². The van der Waals surface area contributed by atoms with Crippen LogP contribution in [0.15, 0.2) is 16.8 Å². The highest BCUT2D eigenvalue weighted by molar-refractivity contribution is 5.74. The summed E-state index contributed by atoms with van der Waals surface area (Å²) in [6, 6.07) is 1.13. The van der Waals surface area contributed by atoms with E-state index in [-0.39, 0.29) is 0 Å². The minimum Gasteiger partial charge on any atom is -0.297 e. The summed E-state index contributed by atoms with van der Waals surface area (Å²) in [5.41, 5.74) is 4.10. The molecule has 0 saturated heterocycles. The number of nitrogens with zero attached hydrogens (tertiary/aromatic N) is 1. The van der Waals surface area contributed by atoms with E-state index in [1.54, 1.807) is 6.21 Å². The second-order valence-electron chi connectivity index (χ2n) is 1.86. The van der Waals surface area contributed by atoms with Crippen molar-refractivity contribution in [3.8, 4) is 0 Å². The summed E-state index contributed by atoms with van der Waals surface area (Å²) in [7, 11) is 0. The van der Waals surface area contributed by atoms with Crippen LogP contribution >= 0.6 is 0 Å². The van der Waals surface area contributed by atoms with Gasteiger partial charge in [-0.05, 0) is 25.5 Å². The Bertz CT molecular complexity index is 135. The molecule has 2 nitrogen and oxygen atoms in total. The number of allylic oxidation sites excluding steroid dienone is 1. The van der Waals surface area contributed by atoms with Gasteiger partial charge in [0.1, 0.15) is 6.04 Å². The first kappa shape index (κ1) is 5.35. The summed E-state index contributed by atoms with van der Waals surface area (Å²) in [6.07, 6.45) is 3.73. The highest BCUT2D eigenvalue weighted by Crippen LogP contribution is 2.08. The molecule has 1 aliphatic rings. The molecule has 0 aromatic carbocycles. The summed E-state index contributed by atoms with van der Waals surface area (Å²) in [4.78, 5) is 0. The molecule has 0 fully saturated rings. The fourth-order valence-corrected chi connectivity index (χ4v) is 0.496. The van der Waals surface area contributed by atoms with Crippen LogP contribution in [0.5, 0.6) is 0 Å². The number of rotatable bonds is 0. The molecule has 1 N–H and O–H groups in total. The molecule has 0 aromatic rings. The highest BCUT2D eigenvalue weighted by Gasteiger charge is 2.03. The predicted molar refractivity (Wildman–Crippen MR) is 34.3 cm³/mol. The van der Waals surface area contributed by atoms with E-state index in [2.05, 4.69) is 10.5 Å². The largest absolute Gasteiger partial charge is 0.297 e. The van der Waals surface area contributed by atoms with E-state index >= 15 is 0 Å². The maximum Gasteiger partial charge on any atom is 0.101 e. The first-order valence-electron chi connectivity index (χ1n) is 2.60. The lowest BCUT2D eigenvalue weighted by molar-refractivity contribution is 0.773. The van der Waals surface area contributed by atoms with E-state index < -0.39 is 0 Å². The van der Waals surface area contributed by atoms with E-state index in [1.165, 1.54) is 5.57 Å². The lowest BCUT2D eigenvalue weighted by Crippen LogP contribution is -2.15. The SMILES string of the molecule is C[C]1NN=CC=C1C. The zero-order valence-electron chi connectivity index (χ0n) is 5.10. The van der Waals surface area contributed by atoms with Gasteiger partial charge in [-0.15, -0.1) is 0 Å². The summed E-state index contributed by atoms with van der Waals surface area (Å²) >= 11 is 0. The number of hydrazone groups is 1. The molecule has 1 aliphatic heterocycles. The van der Waals surface area contributed by atoms with Gasteiger partial charge in [-0.2, -0.15) is 5.10 Å². The van der Waals surface area contributed by atoms with Crippen LogP contribution in [0.1, 0.15) is 13.8 Å². The quantitative estimate of drug-likeness (QED) is 0.494. The van der Waals surface area contributed by atoms with Gasteiger partial charge in [0.2, 0.25) is 0 Å². The van der Waals surface area contributed by atoms with E-state index in [4.69, 9.17) is 0 Å². The molecule has 0 aliphatic carbocycles. The van der Waals surface area contributed by atoms with Crippen LogP contribution in [0.25, 0.3) is 0 Å². The van der Waals surface area contributed by atoms with Crippen molar-refractivity contribution in [2.75, 3.05) is 0 Å². The Kier molecular flexibility index (Phi) is 1.33. The Morgan fingerprint density at radius 1 is 1.50 bits per heavy atom. The third-order valence-electron chi connectivity index (χ3n) is 1.22. The van der Waals surface area contributed by atoms with Crippen LogP contribution in [-0.2, 0) is 0 Å². The highest BCUT2D eigenvalue weighted by atomic mass is 15.3. The Balaban J connectivity index is 2.66. The Morgan fingerprint density at radius 2 is 2.25 bits per heavy atom. The van der Waals surface area contributed by atoms with E-state index in [9.17, 15) is 0 Å². The predicted octanol–water partition coefficient (Wildman–Crippen LogP) is 1.07. The van der Waals surface area contributed by atoms with Crippen molar-refractivity contribution >= 4 is 6.21 Å². The minimum atomic E-state index is 1.13. The molecule has 0 saturated carbocycles. The van der Waals surface area contributed by atoms with Crippen molar-refractivity contribution in [3.05, 3.63) is 17.7 Å². The van der Waals surface area contributed by atoms with Gasteiger partial charge >= 0.3 is 0 Å². The van der Waals surface area contributed by atoms with Crippen molar-refractivity contribution in [1.29, 1.82) is 0 Å². The van der Waals surface area contributed by atoms with Crippen LogP contribution in [-0.4, -0.2) is 6.21 Å². The Hall–Kier alpha value is -0.790. The van der Waals surface area contributed by atoms with Crippen LogP contribution in [0.4, 0.5) is 0 Å². The zero-order valence-corrected chi connectivity index (χ0v) is 5.10. The van der Waals surface area contributed by atoms with Crippen molar-refractivity contribution in [2.45, 2.75) is 13.8 Å². The van der Waals surface area contributed by atoms with Gasteiger partial charge in [-0.25, -0.2) is 0 Å². The summed E-state index contributed by atoms with van der Waals surface area (Å²) in [5, 5.41) is 3.82. The van der Waals surface area contributed by atoms with E-state index in [0.717, 1.165) is 6.04 Å². The molecule has 0 spiro atoms. The molecule has 43 valence electrons. The van der Waals surface area contributed by atoms with Crippen molar-refractivity contribution in [3.63, 3.8) is 0 Å². The molecule has 2 heteroatoms. The van der Waals surface area contributed by atoms with Crippen LogP contribution < -0.4 is 5.43 Å². The Labute approximate surface area is 49.3 Å². The van der Waals surface area contributed by atoms with Crippen LogP contribution in [0.3, 0.4) is 0 Å². The fourth-order valence-electron chi connectivity index (χ4n) is 0.496. The monoisotopic (exact) mass is 109 g/mol. The van der Waals surface area contributed by atoms with E-state index in [0.29, 0.717) is 0 Å². The molecule has 0 atom stereocenters. The number of hydrogen-bond donors (Lipinski definition) is 1. The molecular weight excluding hydrogens is 100 g/mol. The summed E-state index contributed by atoms with van der Waals surface area (Å²) in [5.74, 6) is 0. The second-order valence-corrected chi connectivity index (χ2v) is 1.86. The average molecular weight is 109 g/mol. The molecular formula is C6H9N2. The van der Waals surface area contributed by atoms with Crippen LogP contribution in [0, 0.1) is 6.04 Å². The van der Waals surface area contributed by atoms with Gasteiger partial charge in [0.15, 0.2) is 0 Å². The number of hydrogen-bond acceptors (Lipinski definition) is 2. The first-order chi connectivity index (χ1) is 3.80. The summed E-state index contributed by atoms with van der Waals surface area (Å²) < 4.78 is 0. The molecule has 1 heterocycles. The van der Waals surface area contributed by atoms with Crippen molar-refractivity contribution in [1.82, 2.24) is 5.43 Å². The Morgan fingerprint density at radius 3 is 2.62 bits per heavy atom. The molecule has 0 aromatic heterocycles. The standard InChI is InChI=1S/C6H9N2/c1-5-3-4-7-8-6(5)2/h3-4,8H,1-2H3. The maximum atomic E-state index is 3.82. The second kappa shape index (κ2) is 1.99. The lowest BCUT2D eigenvalue weighted by atomic mass is 10.1. The smallest absolute Gasteiger partial charge is 0.101 e. The van der Waals surface area contributed by atoms with Gasteiger partial charge in [0, 0.05) is 6.21 Å². The summed E-state index contributed by atoms with van der Waals surface area (Å²) in [6.45, 7) is 4.05.